The molecule has 2 aliphatic rings. The molecule has 6 heteroatoms. The highest BCUT2D eigenvalue weighted by Gasteiger charge is 2.19. The molecule has 29 heavy (non-hydrogen) atoms. The molecule has 0 aliphatic carbocycles. The van der Waals surface area contributed by atoms with E-state index >= 15 is 0 Å². The van der Waals surface area contributed by atoms with Gasteiger partial charge in [-0.1, -0.05) is 18.2 Å². The van der Waals surface area contributed by atoms with Gasteiger partial charge in [0, 0.05) is 37.3 Å². The number of aromatic nitrogens is 2. The minimum Gasteiger partial charge on any atom is -0.371 e. The van der Waals surface area contributed by atoms with Crippen LogP contribution in [0.1, 0.15) is 31.7 Å². The third kappa shape index (κ3) is 3.43. The van der Waals surface area contributed by atoms with E-state index in [-0.39, 0.29) is 0 Å². The van der Waals surface area contributed by atoms with Crippen molar-refractivity contribution < 1.29 is 0 Å². The van der Waals surface area contributed by atoms with Crippen molar-refractivity contribution in [3.05, 3.63) is 48.3 Å². The van der Waals surface area contributed by atoms with E-state index in [0.717, 1.165) is 55.3 Å². The summed E-state index contributed by atoms with van der Waals surface area (Å²) in [7, 11) is 0. The van der Waals surface area contributed by atoms with Gasteiger partial charge in [0.25, 0.3) is 0 Å². The van der Waals surface area contributed by atoms with Crippen LogP contribution in [0, 0.1) is 0 Å². The highest BCUT2D eigenvalue weighted by molar-refractivity contribution is 5.97. The standard InChI is InChI=1S/C23H28N6/c1-2-28-16-27-20-12-18-19(13-22(20)28)25-15-26-23(18)24-14-17-8-4-5-9-21(17)29-10-6-3-7-11-29/h4-5,8-9,12-13,15,27H,2-3,6-7,10-11,14,16H2,1H3,(H,24,25,26). The summed E-state index contributed by atoms with van der Waals surface area (Å²) in [6, 6.07) is 13.1. The predicted octanol–water partition coefficient (Wildman–Crippen LogP) is 4.44. The Kier molecular flexibility index (Phi) is 4.84. The Morgan fingerprint density at radius 2 is 1.90 bits per heavy atom. The van der Waals surface area contributed by atoms with Gasteiger partial charge in [-0.15, -0.1) is 0 Å². The van der Waals surface area contributed by atoms with E-state index < -0.39 is 0 Å². The Hall–Kier alpha value is -3.02. The molecule has 6 nitrogen and oxygen atoms in total. The molecule has 0 radical (unpaired) electrons. The summed E-state index contributed by atoms with van der Waals surface area (Å²) in [5.74, 6) is 0.892. The number of fused-ring (bicyclic) bond motifs is 2. The van der Waals surface area contributed by atoms with Crippen LogP contribution in [0.15, 0.2) is 42.7 Å². The Bertz CT molecular complexity index is 1010. The summed E-state index contributed by atoms with van der Waals surface area (Å²) in [5.41, 5.74) is 6.02. The Labute approximate surface area is 172 Å². The van der Waals surface area contributed by atoms with E-state index in [1.165, 1.54) is 36.2 Å². The van der Waals surface area contributed by atoms with Gasteiger partial charge in [0.2, 0.25) is 0 Å². The lowest BCUT2D eigenvalue weighted by atomic mass is 10.1. The number of piperidine rings is 1. The molecule has 1 fully saturated rings. The van der Waals surface area contributed by atoms with E-state index in [0.29, 0.717) is 0 Å². The molecule has 3 aromatic rings. The first-order chi connectivity index (χ1) is 14.3. The van der Waals surface area contributed by atoms with Gasteiger partial charge in [-0.05, 0) is 49.9 Å². The maximum Gasteiger partial charge on any atom is 0.137 e. The molecule has 2 aromatic carbocycles. The van der Waals surface area contributed by atoms with Crippen LogP contribution in [0.5, 0.6) is 0 Å². The van der Waals surface area contributed by atoms with Gasteiger partial charge in [-0.25, -0.2) is 9.97 Å². The van der Waals surface area contributed by atoms with Gasteiger partial charge >= 0.3 is 0 Å². The fourth-order valence-corrected chi connectivity index (χ4v) is 4.47. The number of nitrogens with zero attached hydrogens (tertiary/aromatic N) is 4. The predicted molar refractivity (Wildman–Crippen MR) is 121 cm³/mol. The highest BCUT2D eigenvalue weighted by Crippen LogP contribution is 2.36. The smallest absolute Gasteiger partial charge is 0.137 e. The van der Waals surface area contributed by atoms with Crippen LogP contribution in [0.2, 0.25) is 0 Å². The molecule has 1 aromatic heterocycles. The average molecular weight is 389 g/mol. The molecule has 0 atom stereocenters. The monoisotopic (exact) mass is 388 g/mol. The van der Waals surface area contributed by atoms with Crippen molar-refractivity contribution in [1.82, 2.24) is 9.97 Å². The molecule has 0 unspecified atom stereocenters. The van der Waals surface area contributed by atoms with Crippen molar-refractivity contribution in [2.75, 3.05) is 46.7 Å². The van der Waals surface area contributed by atoms with Crippen LogP contribution < -0.4 is 20.4 Å². The minimum absolute atomic E-state index is 0.754. The maximum absolute atomic E-state index is 4.55. The van der Waals surface area contributed by atoms with Crippen molar-refractivity contribution in [3.63, 3.8) is 0 Å². The van der Waals surface area contributed by atoms with Crippen LogP contribution in [0.3, 0.4) is 0 Å². The molecule has 5 rings (SSSR count). The maximum atomic E-state index is 4.55. The van der Waals surface area contributed by atoms with E-state index in [2.05, 4.69) is 73.7 Å². The first-order valence-electron chi connectivity index (χ1n) is 10.7. The second kappa shape index (κ2) is 7.78. The lowest BCUT2D eigenvalue weighted by Gasteiger charge is -2.30. The molecule has 0 bridgehead atoms. The fourth-order valence-electron chi connectivity index (χ4n) is 4.47. The topological polar surface area (TPSA) is 56.3 Å². The first-order valence-corrected chi connectivity index (χ1v) is 10.7. The Balaban J connectivity index is 1.42. The quantitative estimate of drug-likeness (QED) is 0.674. The van der Waals surface area contributed by atoms with E-state index in [9.17, 15) is 0 Å². The van der Waals surface area contributed by atoms with Gasteiger partial charge < -0.3 is 20.4 Å². The minimum atomic E-state index is 0.754. The SMILES string of the molecule is CCN1CNc2cc3c(NCc4ccccc4N4CCCCC4)ncnc3cc21. The lowest BCUT2D eigenvalue weighted by molar-refractivity contribution is 0.576. The second-order valence-corrected chi connectivity index (χ2v) is 7.83. The summed E-state index contributed by atoms with van der Waals surface area (Å²) in [6.45, 7) is 7.06. The van der Waals surface area contributed by atoms with Gasteiger partial charge in [0.05, 0.1) is 23.6 Å². The molecule has 0 amide bonds. The van der Waals surface area contributed by atoms with Crippen molar-refractivity contribution in [2.45, 2.75) is 32.7 Å². The van der Waals surface area contributed by atoms with Gasteiger partial charge in [-0.2, -0.15) is 0 Å². The molecule has 3 heterocycles. The zero-order valence-electron chi connectivity index (χ0n) is 17.0. The summed E-state index contributed by atoms with van der Waals surface area (Å²) in [4.78, 5) is 13.9. The summed E-state index contributed by atoms with van der Waals surface area (Å²) in [6.07, 6.45) is 5.57. The second-order valence-electron chi connectivity index (χ2n) is 7.83. The van der Waals surface area contributed by atoms with E-state index in [1.54, 1.807) is 6.33 Å². The van der Waals surface area contributed by atoms with Gasteiger partial charge in [-0.3, -0.25) is 0 Å². The van der Waals surface area contributed by atoms with Crippen LogP contribution in [-0.4, -0.2) is 36.3 Å². The third-order valence-electron chi connectivity index (χ3n) is 6.07. The summed E-state index contributed by atoms with van der Waals surface area (Å²) in [5, 5.41) is 8.13. The molecule has 2 aliphatic heterocycles. The average Bonchev–Trinajstić information content (AvgIpc) is 3.19. The van der Waals surface area contributed by atoms with E-state index in [4.69, 9.17) is 0 Å². The number of hydrogen-bond acceptors (Lipinski definition) is 6. The number of hydrogen-bond donors (Lipinski definition) is 2. The molecule has 0 saturated carbocycles. The number of benzene rings is 2. The largest absolute Gasteiger partial charge is 0.371 e. The number of para-hydroxylation sites is 1. The zero-order chi connectivity index (χ0) is 19.6. The summed E-state index contributed by atoms with van der Waals surface area (Å²) >= 11 is 0. The van der Waals surface area contributed by atoms with Crippen molar-refractivity contribution in [3.8, 4) is 0 Å². The first kappa shape index (κ1) is 18.0. The van der Waals surface area contributed by atoms with Crippen molar-refractivity contribution >= 4 is 33.8 Å². The molecule has 2 N–H and O–H groups in total. The molecule has 150 valence electrons. The third-order valence-corrected chi connectivity index (χ3v) is 6.07. The van der Waals surface area contributed by atoms with Crippen molar-refractivity contribution in [1.29, 1.82) is 0 Å². The lowest BCUT2D eigenvalue weighted by Crippen LogP contribution is -2.30. The molecular formula is C23H28N6. The van der Waals surface area contributed by atoms with E-state index in [1.807, 2.05) is 0 Å². The Morgan fingerprint density at radius 3 is 2.76 bits per heavy atom. The normalized spacial score (nSPS) is 16.0. The molecule has 1 saturated heterocycles. The summed E-state index contributed by atoms with van der Waals surface area (Å²) < 4.78 is 0. The van der Waals surface area contributed by atoms with Crippen LogP contribution >= 0.6 is 0 Å². The van der Waals surface area contributed by atoms with Gasteiger partial charge in [0.15, 0.2) is 0 Å². The fraction of sp³-hybridized carbons (Fsp3) is 0.391. The number of anilines is 4. The zero-order valence-corrected chi connectivity index (χ0v) is 17.0. The Morgan fingerprint density at radius 1 is 1.03 bits per heavy atom. The van der Waals surface area contributed by atoms with Crippen LogP contribution in [0.25, 0.3) is 10.9 Å². The number of nitrogens with one attached hydrogen (secondary N) is 2. The van der Waals surface area contributed by atoms with Crippen LogP contribution in [0.4, 0.5) is 22.9 Å². The van der Waals surface area contributed by atoms with Crippen molar-refractivity contribution in [2.24, 2.45) is 0 Å². The molecule has 0 spiro atoms. The van der Waals surface area contributed by atoms with Crippen LogP contribution in [-0.2, 0) is 6.54 Å². The molecular weight excluding hydrogens is 360 g/mol. The number of rotatable bonds is 5. The van der Waals surface area contributed by atoms with Gasteiger partial charge in [0.1, 0.15) is 12.1 Å². The highest BCUT2D eigenvalue weighted by atomic mass is 15.3.